The minimum atomic E-state index is 0.0645. The number of nitrogens with zero attached hydrogens (tertiary/aromatic N) is 2. The molecule has 4 rings (SSSR count). The zero-order valence-corrected chi connectivity index (χ0v) is 15.8. The predicted octanol–water partition coefficient (Wildman–Crippen LogP) is 3.33. The molecule has 1 fully saturated rings. The van der Waals surface area contributed by atoms with Crippen molar-refractivity contribution < 1.29 is 14.3 Å². The predicted molar refractivity (Wildman–Crippen MR) is 109 cm³/mol. The van der Waals surface area contributed by atoms with Crippen LogP contribution in [0.4, 0.5) is 0 Å². The van der Waals surface area contributed by atoms with Crippen LogP contribution in [-0.4, -0.2) is 48.7 Å². The zero-order chi connectivity index (χ0) is 19.2. The molecule has 0 N–H and O–H groups in total. The summed E-state index contributed by atoms with van der Waals surface area (Å²) in [6, 6.07) is 16.2. The first kappa shape index (κ1) is 18.3. The minimum Gasteiger partial charge on any atom is -0.454 e. The highest BCUT2D eigenvalue weighted by Gasteiger charge is 2.19. The summed E-state index contributed by atoms with van der Waals surface area (Å²) in [7, 11) is 0. The molecule has 2 aromatic rings. The van der Waals surface area contributed by atoms with E-state index in [1.54, 1.807) is 12.2 Å². The van der Waals surface area contributed by atoms with Gasteiger partial charge in [-0.05, 0) is 23.3 Å². The van der Waals surface area contributed by atoms with Crippen LogP contribution in [0, 0.1) is 0 Å². The van der Waals surface area contributed by atoms with Crippen molar-refractivity contribution >= 4 is 12.0 Å². The van der Waals surface area contributed by atoms with E-state index in [-0.39, 0.29) is 12.7 Å². The monoisotopic (exact) mass is 376 g/mol. The molecule has 0 unspecified atom stereocenters. The molecule has 2 aromatic carbocycles. The summed E-state index contributed by atoms with van der Waals surface area (Å²) in [5, 5.41) is 0. The van der Waals surface area contributed by atoms with E-state index in [0.29, 0.717) is 0 Å². The number of carbonyl (C=O) groups excluding carboxylic acids is 1. The number of ether oxygens (including phenoxy) is 2. The Kier molecular flexibility index (Phi) is 5.73. The third-order valence-corrected chi connectivity index (χ3v) is 4.97. The topological polar surface area (TPSA) is 42.0 Å². The van der Waals surface area contributed by atoms with Crippen LogP contribution in [0.5, 0.6) is 11.5 Å². The Morgan fingerprint density at radius 2 is 1.71 bits per heavy atom. The maximum Gasteiger partial charge on any atom is 0.246 e. The fraction of sp³-hybridized carbons (Fsp3) is 0.261. The molecule has 0 saturated carbocycles. The molecule has 144 valence electrons. The summed E-state index contributed by atoms with van der Waals surface area (Å²) < 4.78 is 10.7. The van der Waals surface area contributed by atoms with Crippen LogP contribution in [0.15, 0.2) is 66.8 Å². The molecule has 5 nitrogen and oxygen atoms in total. The van der Waals surface area contributed by atoms with Gasteiger partial charge in [-0.2, -0.15) is 0 Å². The van der Waals surface area contributed by atoms with E-state index in [9.17, 15) is 4.79 Å². The van der Waals surface area contributed by atoms with Crippen LogP contribution in [0.3, 0.4) is 0 Å². The lowest BCUT2D eigenvalue weighted by Gasteiger charge is -2.34. The maximum atomic E-state index is 12.4. The number of fused-ring (bicyclic) bond motifs is 1. The lowest BCUT2D eigenvalue weighted by molar-refractivity contribution is -0.127. The summed E-state index contributed by atoms with van der Waals surface area (Å²) in [5.41, 5.74) is 2.33. The van der Waals surface area contributed by atoms with Crippen molar-refractivity contribution in [2.24, 2.45) is 0 Å². The quantitative estimate of drug-likeness (QED) is 0.593. The van der Waals surface area contributed by atoms with Crippen LogP contribution in [-0.2, 0) is 11.3 Å². The molecule has 1 saturated heterocycles. The fourth-order valence-corrected chi connectivity index (χ4v) is 3.39. The number of hydrogen-bond donors (Lipinski definition) is 0. The van der Waals surface area contributed by atoms with Gasteiger partial charge in [0, 0.05) is 38.8 Å². The van der Waals surface area contributed by atoms with Gasteiger partial charge in [-0.3, -0.25) is 9.69 Å². The smallest absolute Gasteiger partial charge is 0.246 e. The van der Waals surface area contributed by atoms with E-state index in [2.05, 4.69) is 29.2 Å². The third-order valence-electron chi connectivity index (χ3n) is 4.97. The van der Waals surface area contributed by atoms with E-state index in [1.807, 2.05) is 41.3 Å². The van der Waals surface area contributed by atoms with Gasteiger partial charge in [-0.1, -0.05) is 54.6 Å². The lowest BCUT2D eigenvalue weighted by atomic mass is 10.2. The van der Waals surface area contributed by atoms with Crippen molar-refractivity contribution in [2.45, 2.75) is 6.54 Å². The van der Waals surface area contributed by atoms with Gasteiger partial charge in [0.05, 0.1) is 0 Å². The highest BCUT2D eigenvalue weighted by atomic mass is 16.7. The summed E-state index contributed by atoms with van der Waals surface area (Å²) in [6.45, 7) is 4.55. The summed E-state index contributed by atoms with van der Waals surface area (Å²) in [6.07, 6.45) is 7.25. The first-order valence-electron chi connectivity index (χ1n) is 9.57. The zero-order valence-electron chi connectivity index (χ0n) is 15.8. The van der Waals surface area contributed by atoms with Crippen LogP contribution >= 0.6 is 0 Å². The minimum absolute atomic E-state index is 0.0645. The Morgan fingerprint density at radius 3 is 2.54 bits per heavy atom. The molecule has 2 aliphatic heterocycles. The molecule has 2 heterocycles. The Hall–Kier alpha value is -3.05. The second-order valence-corrected chi connectivity index (χ2v) is 6.92. The highest BCUT2D eigenvalue weighted by Crippen LogP contribution is 2.32. The SMILES string of the molecule is O=C(/C=C/C=C/c1ccc2c(c1)OCO2)N1CCN(Cc2ccccc2)CC1. The average Bonchev–Trinajstić information content (AvgIpc) is 3.20. The van der Waals surface area contributed by atoms with Crippen molar-refractivity contribution in [1.82, 2.24) is 9.80 Å². The van der Waals surface area contributed by atoms with Crippen molar-refractivity contribution in [1.29, 1.82) is 0 Å². The molecular weight excluding hydrogens is 352 g/mol. The number of carbonyl (C=O) groups is 1. The molecule has 0 spiro atoms. The summed E-state index contributed by atoms with van der Waals surface area (Å²) in [4.78, 5) is 16.7. The first-order valence-corrected chi connectivity index (χ1v) is 9.57. The molecule has 0 aromatic heterocycles. The third kappa shape index (κ3) is 4.61. The van der Waals surface area contributed by atoms with Crippen molar-refractivity contribution in [2.75, 3.05) is 33.0 Å². The Morgan fingerprint density at radius 1 is 0.929 bits per heavy atom. The Bertz CT molecular complexity index is 869. The summed E-state index contributed by atoms with van der Waals surface area (Å²) >= 11 is 0. The summed E-state index contributed by atoms with van der Waals surface area (Å²) in [5.74, 6) is 1.60. The molecule has 5 heteroatoms. The van der Waals surface area contributed by atoms with Gasteiger partial charge in [0.2, 0.25) is 12.7 Å². The highest BCUT2D eigenvalue weighted by molar-refractivity contribution is 5.88. The van der Waals surface area contributed by atoms with E-state index in [4.69, 9.17) is 9.47 Å². The van der Waals surface area contributed by atoms with Gasteiger partial charge >= 0.3 is 0 Å². The van der Waals surface area contributed by atoms with Crippen LogP contribution < -0.4 is 9.47 Å². The maximum absolute atomic E-state index is 12.4. The van der Waals surface area contributed by atoms with Crippen LogP contribution in [0.2, 0.25) is 0 Å². The van der Waals surface area contributed by atoms with Crippen LogP contribution in [0.25, 0.3) is 6.08 Å². The van der Waals surface area contributed by atoms with Gasteiger partial charge < -0.3 is 14.4 Å². The number of rotatable bonds is 5. The number of hydrogen-bond acceptors (Lipinski definition) is 4. The molecule has 1 amide bonds. The second kappa shape index (κ2) is 8.76. The molecule has 0 radical (unpaired) electrons. The second-order valence-electron chi connectivity index (χ2n) is 6.92. The largest absolute Gasteiger partial charge is 0.454 e. The van der Waals surface area contributed by atoms with Crippen LogP contribution in [0.1, 0.15) is 11.1 Å². The van der Waals surface area contributed by atoms with Gasteiger partial charge in [0.1, 0.15) is 0 Å². The Labute approximate surface area is 165 Å². The average molecular weight is 376 g/mol. The molecule has 28 heavy (non-hydrogen) atoms. The molecule has 0 atom stereocenters. The molecule has 2 aliphatic rings. The molecular formula is C23H24N2O3. The Balaban J connectivity index is 1.24. The number of piperazine rings is 1. The molecule has 0 aliphatic carbocycles. The normalized spacial score (nSPS) is 16.9. The van der Waals surface area contributed by atoms with Crippen molar-refractivity contribution in [3.63, 3.8) is 0 Å². The van der Waals surface area contributed by atoms with E-state index >= 15 is 0 Å². The number of allylic oxidation sites excluding steroid dienone is 2. The van der Waals surface area contributed by atoms with Gasteiger partial charge in [0.25, 0.3) is 0 Å². The van der Waals surface area contributed by atoms with Gasteiger partial charge in [-0.15, -0.1) is 0 Å². The number of amides is 1. The van der Waals surface area contributed by atoms with E-state index in [1.165, 1.54) is 5.56 Å². The van der Waals surface area contributed by atoms with Gasteiger partial charge in [-0.25, -0.2) is 0 Å². The lowest BCUT2D eigenvalue weighted by Crippen LogP contribution is -2.47. The van der Waals surface area contributed by atoms with Gasteiger partial charge in [0.15, 0.2) is 11.5 Å². The van der Waals surface area contributed by atoms with Crippen molar-refractivity contribution in [3.8, 4) is 11.5 Å². The standard InChI is InChI=1S/C23H24N2O3/c26-23(9-5-4-6-19-10-11-21-22(16-19)28-18-27-21)25-14-12-24(13-15-25)17-20-7-2-1-3-8-20/h1-11,16H,12-15,17-18H2/b6-4+,9-5+. The van der Waals surface area contributed by atoms with E-state index in [0.717, 1.165) is 49.8 Å². The van der Waals surface area contributed by atoms with Crippen molar-refractivity contribution in [3.05, 3.63) is 77.9 Å². The number of benzene rings is 2. The van der Waals surface area contributed by atoms with E-state index < -0.39 is 0 Å². The molecule has 0 bridgehead atoms. The fourth-order valence-electron chi connectivity index (χ4n) is 3.39. The first-order chi connectivity index (χ1) is 13.8.